The first-order valence-corrected chi connectivity index (χ1v) is 10.4. The Hall–Kier alpha value is -1.46. The molecule has 0 spiro atoms. The van der Waals surface area contributed by atoms with E-state index in [4.69, 9.17) is 0 Å². The van der Waals surface area contributed by atoms with Crippen molar-refractivity contribution in [2.45, 2.75) is 26.5 Å². The topological polar surface area (TPSA) is 92.8 Å². The second kappa shape index (κ2) is 7.04. The number of piperazine rings is 1. The van der Waals surface area contributed by atoms with E-state index in [-0.39, 0.29) is 16.9 Å². The Bertz CT molecular complexity index is 818. The van der Waals surface area contributed by atoms with Crippen LogP contribution in [0.2, 0.25) is 0 Å². The van der Waals surface area contributed by atoms with Crippen LogP contribution >= 0.6 is 0 Å². The van der Waals surface area contributed by atoms with E-state index in [9.17, 15) is 24.6 Å². The summed E-state index contributed by atoms with van der Waals surface area (Å²) in [6, 6.07) is 0. The van der Waals surface area contributed by atoms with Crippen LogP contribution in [-0.2, 0) is 26.5 Å². The highest BCUT2D eigenvalue weighted by atomic mass is 32.3. The van der Waals surface area contributed by atoms with Gasteiger partial charge in [0.15, 0.2) is 5.75 Å². The summed E-state index contributed by atoms with van der Waals surface area (Å²) < 4.78 is 75.1. The molecule has 0 aromatic heterocycles. The number of halogens is 2. The van der Waals surface area contributed by atoms with E-state index in [1.54, 1.807) is 13.8 Å². The first-order chi connectivity index (χ1) is 11.4. The minimum absolute atomic E-state index is 0.0697. The molecule has 0 bridgehead atoms. The van der Waals surface area contributed by atoms with Gasteiger partial charge in [-0.3, -0.25) is 0 Å². The maximum Gasteiger partial charge on any atom is 0.488 e. The SMILES string of the molecule is Cc1c(CS(=O)(=O)F)c(C)c(N2CCNCC2)c(C)c1OS(=O)(=O)F. The molecule has 11 heteroatoms. The van der Waals surface area contributed by atoms with Crippen molar-refractivity contribution in [1.82, 2.24) is 5.32 Å². The maximum atomic E-state index is 13.3. The van der Waals surface area contributed by atoms with Crippen LogP contribution in [0.3, 0.4) is 0 Å². The highest BCUT2D eigenvalue weighted by molar-refractivity contribution is 7.85. The molecule has 0 radical (unpaired) electrons. The molecule has 1 aliphatic heterocycles. The Labute approximate surface area is 146 Å². The van der Waals surface area contributed by atoms with Gasteiger partial charge in [0.05, 0.1) is 0 Å². The van der Waals surface area contributed by atoms with Crippen LogP contribution in [0.4, 0.5) is 13.5 Å². The third-order valence-corrected chi connectivity index (χ3v) is 5.23. The van der Waals surface area contributed by atoms with E-state index in [2.05, 4.69) is 9.50 Å². The highest BCUT2D eigenvalue weighted by Gasteiger charge is 2.27. The normalized spacial score (nSPS) is 16.1. The van der Waals surface area contributed by atoms with E-state index in [0.717, 1.165) is 0 Å². The lowest BCUT2D eigenvalue weighted by molar-refractivity contribution is 0.436. The van der Waals surface area contributed by atoms with Gasteiger partial charge in [0.25, 0.3) is 0 Å². The van der Waals surface area contributed by atoms with Gasteiger partial charge in [-0.05, 0) is 37.5 Å². The molecule has 0 aliphatic carbocycles. The van der Waals surface area contributed by atoms with Gasteiger partial charge < -0.3 is 14.4 Å². The van der Waals surface area contributed by atoms with Crippen LogP contribution in [0.1, 0.15) is 22.3 Å². The highest BCUT2D eigenvalue weighted by Crippen LogP contribution is 2.40. The first-order valence-electron chi connectivity index (χ1n) is 7.55. The Morgan fingerprint density at radius 2 is 1.56 bits per heavy atom. The lowest BCUT2D eigenvalue weighted by Crippen LogP contribution is -2.44. The van der Waals surface area contributed by atoms with Gasteiger partial charge in [-0.25, -0.2) is 0 Å². The first kappa shape index (κ1) is 19.9. The summed E-state index contributed by atoms with van der Waals surface area (Å²) >= 11 is 0. The lowest BCUT2D eigenvalue weighted by Gasteiger charge is -2.34. The largest absolute Gasteiger partial charge is 0.488 e. The number of rotatable bonds is 5. The molecule has 1 N–H and O–H groups in total. The summed E-state index contributed by atoms with van der Waals surface area (Å²) in [6.45, 7) is 7.06. The fourth-order valence-corrected chi connectivity index (χ4v) is 4.43. The molecule has 2 rings (SSSR count). The van der Waals surface area contributed by atoms with Crippen molar-refractivity contribution in [1.29, 1.82) is 0 Å². The molecule has 1 heterocycles. The second-order valence-corrected chi connectivity index (χ2v) is 8.25. The van der Waals surface area contributed by atoms with Gasteiger partial charge in [-0.15, -0.1) is 3.89 Å². The van der Waals surface area contributed by atoms with Crippen molar-refractivity contribution < 1.29 is 28.8 Å². The van der Waals surface area contributed by atoms with E-state index >= 15 is 0 Å². The monoisotopic (exact) mass is 398 g/mol. The predicted molar refractivity (Wildman–Crippen MR) is 90.1 cm³/mol. The second-order valence-electron chi connectivity index (χ2n) is 5.93. The van der Waals surface area contributed by atoms with Gasteiger partial charge >= 0.3 is 20.7 Å². The molecule has 1 aromatic rings. The molecule has 142 valence electrons. The van der Waals surface area contributed by atoms with Crippen LogP contribution in [0.25, 0.3) is 0 Å². The molecule has 0 unspecified atom stereocenters. The maximum absolute atomic E-state index is 13.3. The summed E-state index contributed by atoms with van der Waals surface area (Å²) in [5.41, 5.74) is 1.54. The molecule has 1 aliphatic rings. The van der Waals surface area contributed by atoms with Crippen molar-refractivity contribution in [3.63, 3.8) is 0 Å². The molecular formula is C14H20F2N2O5S2. The van der Waals surface area contributed by atoms with Crippen molar-refractivity contribution in [3.05, 3.63) is 22.3 Å². The number of hydrogen-bond donors (Lipinski definition) is 1. The fourth-order valence-electron chi connectivity index (χ4n) is 3.21. The molecule has 25 heavy (non-hydrogen) atoms. The number of hydrogen-bond acceptors (Lipinski definition) is 7. The minimum atomic E-state index is -5.32. The Morgan fingerprint density at radius 3 is 2.04 bits per heavy atom. The van der Waals surface area contributed by atoms with Gasteiger partial charge in [-0.2, -0.15) is 16.8 Å². The van der Waals surface area contributed by atoms with E-state index in [1.165, 1.54) is 6.92 Å². The van der Waals surface area contributed by atoms with E-state index < -0.39 is 26.5 Å². The summed E-state index contributed by atoms with van der Waals surface area (Å²) in [5, 5.41) is 3.16. The molecule has 0 amide bonds. The van der Waals surface area contributed by atoms with Gasteiger partial charge in [0.1, 0.15) is 5.75 Å². The molecule has 1 aromatic carbocycles. The zero-order valence-electron chi connectivity index (χ0n) is 14.1. The quantitative estimate of drug-likeness (QED) is 0.750. The van der Waals surface area contributed by atoms with E-state index in [1.807, 2.05) is 4.90 Å². The third-order valence-electron chi connectivity index (χ3n) is 4.23. The number of anilines is 1. The van der Waals surface area contributed by atoms with Crippen LogP contribution in [0.15, 0.2) is 0 Å². The zero-order valence-corrected chi connectivity index (χ0v) is 15.7. The predicted octanol–water partition coefficient (Wildman–Crippen LogP) is 1.41. The van der Waals surface area contributed by atoms with Crippen molar-refractivity contribution in [3.8, 4) is 5.75 Å². The van der Waals surface area contributed by atoms with E-state index in [0.29, 0.717) is 43.0 Å². The Morgan fingerprint density at radius 1 is 1.00 bits per heavy atom. The minimum Gasteiger partial charge on any atom is -0.368 e. The standard InChI is InChI=1S/C14H20F2N2O5S2/c1-9-12(8-24(15,19)20)10(2)14(23-25(16,21)22)11(3)13(9)18-6-4-17-5-7-18/h17H,4-8H2,1-3H3. The number of nitrogens with one attached hydrogen (secondary N) is 1. The molecule has 0 atom stereocenters. The summed E-state index contributed by atoms with van der Waals surface area (Å²) in [5.74, 6) is -1.24. The summed E-state index contributed by atoms with van der Waals surface area (Å²) in [4.78, 5) is 1.91. The van der Waals surface area contributed by atoms with Gasteiger partial charge in [0.2, 0.25) is 0 Å². The van der Waals surface area contributed by atoms with Crippen molar-refractivity contribution >= 4 is 26.4 Å². The molecule has 1 fully saturated rings. The van der Waals surface area contributed by atoms with Crippen LogP contribution in [0.5, 0.6) is 5.75 Å². The van der Waals surface area contributed by atoms with Crippen molar-refractivity contribution in [2.75, 3.05) is 31.1 Å². The smallest absolute Gasteiger partial charge is 0.368 e. The molecule has 1 saturated heterocycles. The van der Waals surface area contributed by atoms with Crippen molar-refractivity contribution in [2.24, 2.45) is 0 Å². The molecule has 7 nitrogen and oxygen atoms in total. The van der Waals surface area contributed by atoms with Crippen LogP contribution < -0.4 is 14.4 Å². The molecular weight excluding hydrogens is 378 g/mol. The van der Waals surface area contributed by atoms with Gasteiger partial charge in [-0.1, -0.05) is 3.89 Å². The van der Waals surface area contributed by atoms with Crippen LogP contribution in [0, 0.1) is 20.8 Å². The molecule has 0 saturated carbocycles. The number of nitrogens with zero attached hydrogens (tertiary/aromatic N) is 1. The average molecular weight is 398 g/mol. The lowest BCUT2D eigenvalue weighted by atomic mass is 9.95. The zero-order chi connectivity index (χ0) is 19.0. The fraction of sp³-hybridized carbons (Fsp3) is 0.571. The summed E-state index contributed by atoms with van der Waals surface area (Å²) in [6.07, 6.45) is 0. The Kier molecular flexibility index (Phi) is 5.59. The Balaban J connectivity index is 2.72. The average Bonchev–Trinajstić information content (AvgIpc) is 2.47. The third kappa shape index (κ3) is 4.79. The summed E-state index contributed by atoms with van der Waals surface area (Å²) in [7, 11) is -10.2. The van der Waals surface area contributed by atoms with Crippen LogP contribution in [-0.4, -0.2) is 43.0 Å². The number of benzene rings is 1. The van der Waals surface area contributed by atoms with Gasteiger partial charge in [0, 0.05) is 37.4 Å².